The van der Waals surface area contributed by atoms with Crippen LogP contribution in [-0.2, 0) is 12.6 Å². The molecule has 0 aliphatic carbocycles. The van der Waals surface area contributed by atoms with Gasteiger partial charge in [-0.3, -0.25) is 4.79 Å². The Morgan fingerprint density at radius 1 is 1.05 bits per heavy atom. The van der Waals surface area contributed by atoms with Gasteiger partial charge < -0.3 is 0 Å². The summed E-state index contributed by atoms with van der Waals surface area (Å²) in [6.07, 6.45) is -4.06. The molecule has 0 amide bonds. The second-order valence-corrected chi connectivity index (χ2v) is 4.54. The van der Waals surface area contributed by atoms with Gasteiger partial charge in [0.2, 0.25) is 0 Å². The molecule has 110 valence electrons. The lowest BCUT2D eigenvalue weighted by Gasteiger charge is -2.10. The number of hydrogen-bond acceptors (Lipinski definition) is 1. The normalized spacial score (nSPS) is 11.5. The Balaban J connectivity index is 2.44. The molecular weight excluding hydrogens is 284 g/mol. The van der Waals surface area contributed by atoms with E-state index >= 15 is 0 Å². The standard InChI is InChI=1S/C16H12F4O/c1-2-10-6-8-11(9-7-10)15(21)12-4-3-5-13(14(12)17)16(18,19)20/h3-9H,2H2,1H3. The van der Waals surface area contributed by atoms with Gasteiger partial charge in [0.25, 0.3) is 0 Å². The molecule has 0 spiro atoms. The Hall–Kier alpha value is -2.17. The van der Waals surface area contributed by atoms with Gasteiger partial charge in [0, 0.05) is 5.56 Å². The highest BCUT2D eigenvalue weighted by Gasteiger charge is 2.35. The summed E-state index contributed by atoms with van der Waals surface area (Å²) in [5, 5.41) is 0. The number of hydrogen-bond donors (Lipinski definition) is 0. The van der Waals surface area contributed by atoms with Crippen molar-refractivity contribution in [2.45, 2.75) is 19.5 Å². The molecular formula is C16H12F4O. The van der Waals surface area contributed by atoms with Crippen molar-refractivity contribution in [2.75, 3.05) is 0 Å². The number of benzene rings is 2. The minimum Gasteiger partial charge on any atom is -0.288 e. The summed E-state index contributed by atoms with van der Waals surface area (Å²) in [6, 6.07) is 9.06. The van der Waals surface area contributed by atoms with Crippen molar-refractivity contribution in [1.82, 2.24) is 0 Å². The first-order valence-electron chi connectivity index (χ1n) is 6.34. The van der Waals surface area contributed by atoms with E-state index in [1.165, 1.54) is 12.1 Å². The Bertz CT molecular complexity index is 657. The van der Waals surface area contributed by atoms with Crippen molar-refractivity contribution >= 4 is 5.78 Å². The fraction of sp³-hybridized carbons (Fsp3) is 0.188. The van der Waals surface area contributed by atoms with Crippen molar-refractivity contribution in [3.8, 4) is 0 Å². The van der Waals surface area contributed by atoms with Crippen molar-refractivity contribution < 1.29 is 22.4 Å². The van der Waals surface area contributed by atoms with Crippen LogP contribution in [0.5, 0.6) is 0 Å². The lowest BCUT2D eigenvalue weighted by Crippen LogP contribution is -2.13. The van der Waals surface area contributed by atoms with E-state index < -0.39 is 28.9 Å². The smallest absolute Gasteiger partial charge is 0.288 e. The van der Waals surface area contributed by atoms with E-state index in [9.17, 15) is 22.4 Å². The molecule has 0 fully saturated rings. The van der Waals surface area contributed by atoms with Crippen LogP contribution in [0, 0.1) is 5.82 Å². The van der Waals surface area contributed by atoms with E-state index in [-0.39, 0.29) is 5.56 Å². The number of aryl methyl sites for hydroxylation is 1. The minimum atomic E-state index is -4.83. The molecule has 21 heavy (non-hydrogen) atoms. The van der Waals surface area contributed by atoms with Gasteiger partial charge in [-0.05, 0) is 24.1 Å². The number of ketones is 1. The topological polar surface area (TPSA) is 17.1 Å². The van der Waals surface area contributed by atoms with Crippen LogP contribution in [0.15, 0.2) is 42.5 Å². The molecule has 0 bridgehead atoms. The Labute approximate surface area is 119 Å². The van der Waals surface area contributed by atoms with E-state index in [0.29, 0.717) is 6.07 Å². The average Bonchev–Trinajstić information content (AvgIpc) is 2.45. The predicted molar refractivity (Wildman–Crippen MR) is 70.7 cm³/mol. The van der Waals surface area contributed by atoms with Crippen LogP contribution in [0.2, 0.25) is 0 Å². The van der Waals surface area contributed by atoms with Crippen LogP contribution in [-0.4, -0.2) is 5.78 Å². The first-order valence-corrected chi connectivity index (χ1v) is 6.34. The third kappa shape index (κ3) is 3.12. The summed E-state index contributed by atoms with van der Waals surface area (Å²) in [6.45, 7) is 1.93. The summed E-state index contributed by atoms with van der Waals surface area (Å²) >= 11 is 0. The molecule has 5 heteroatoms. The molecule has 0 heterocycles. The third-order valence-corrected chi connectivity index (χ3v) is 3.17. The maximum Gasteiger partial charge on any atom is 0.419 e. The monoisotopic (exact) mass is 296 g/mol. The molecule has 2 aromatic carbocycles. The maximum atomic E-state index is 13.9. The maximum absolute atomic E-state index is 13.9. The lowest BCUT2D eigenvalue weighted by molar-refractivity contribution is -0.140. The highest BCUT2D eigenvalue weighted by Crippen LogP contribution is 2.32. The fourth-order valence-electron chi connectivity index (χ4n) is 1.97. The highest BCUT2D eigenvalue weighted by atomic mass is 19.4. The fourth-order valence-corrected chi connectivity index (χ4v) is 1.97. The van der Waals surface area contributed by atoms with Crippen molar-refractivity contribution in [3.63, 3.8) is 0 Å². The van der Waals surface area contributed by atoms with Gasteiger partial charge in [-0.1, -0.05) is 37.3 Å². The van der Waals surface area contributed by atoms with E-state index in [1.54, 1.807) is 12.1 Å². The summed E-state index contributed by atoms with van der Waals surface area (Å²) in [7, 11) is 0. The molecule has 0 atom stereocenters. The zero-order valence-corrected chi connectivity index (χ0v) is 11.2. The Morgan fingerprint density at radius 2 is 1.67 bits per heavy atom. The van der Waals surface area contributed by atoms with Crippen LogP contribution in [0.25, 0.3) is 0 Å². The highest BCUT2D eigenvalue weighted by molar-refractivity contribution is 6.09. The van der Waals surface area contributed by atoms with Crippen molar-refractivity contribution in [1.29, 1.82) is 0 Å². The first kappa shape index (κ1) is 15.2. The summed E-state index contributed by atoms with van der Waals surface area (Å²) in [5.41, 5.74) is -0.867. The van der Waals surface area contributed by atoms with Crippen molar-refractivity contribution in [2.24, 2.45) is 0 Å². The predicted octanol–water partition coefficient (Wildman–Crippen LogP) is 4.64. The molecule has 2 rings (SSSR count). The van der Waals surface area contributed by atoms with E-state index in [1.807, 2.05) is 6.92 Å². The molecule has 0 saturated carbocycles. The van der Waals surface area contributed by atoms with Crippen LogP contribution >= 0.6 is 0 Å². The number of rotatable bonds is 3. The average molecular weight is 296 g/mol. The van der Waals surface area contributed by atoms with E-state index in [0.717, 1.165) is 24.1 Å². The van der Waals surface area contributed by atoms with Gasteiger partial charge in [0.15, 0.2) is 5.78 Å². The minimum absolute atomic E-state index is 0.158. The Morgan fingerprint density at radius 3 is 2.19 bits per heavy atom. The van der Waals surface area contributed by atoms with Crippen LogP contribution < -0.4 is 0 Å². The van der Waals surface area contributed by atoms with Gasteiger partial charge in [0.05, 0.1) is 11.1 Å². The summed E-state index contributed by atoms with van der Waals surface area (Å²) < 4.78 is 51.8. The molecule has 0 unspecified atom stereocenters. The number of halogens is 4. The second-order valence-electron chi connectivity index (χ2n) is 4.54. The molecule has 0 radical (unpaired) electrons. The molecule has 0 saturated heterocycles. The third-order valence-electron chi connectivity index (χ3n) is 3.17. The lowest BCUT2D eigenvalue weighted by atomic mass is 9.99. The van der Waals surface area contributed by atoms with E-state index in [4.69, 9.17) is 0 Å². The second kappa shape index (κ2) is 5.68. The number of carbonyl (C=O) groups excluding carboxylic acids is 1. The summed E-state index contributed by atoms with van der Waals surface area (Å²) in [5.74, 6) is -2.30. The van der Waals surface area contributed by atoms with Crippen molar-refractivity contribution in [3.05, 3.63) is 70.5 Å². The van der Waals surface area contributed by atoms with Crippen LogP contribution in [0.1, 0.15) is 34.0 Å². The van der Waals surface area contributed by atoms with Crippen LogP contribution in [0.3, 0.4) is 0 Å². The SMILES string of the molecule is CCc1ccc(C(=O)c2cccc(C(F)(F)F)c2F)cc1. The number of alkyl halides is 3. The molecule has 2 aromatic rings. The molecule has 0 aromatic heterocycles. The Kier molecular flexibility index (Phi) is 4.11. The van der Waals surface area contributed by atoms with Crippen LogP contribution in [0.4, 0.5) is 17.6 Å². The van der Waals surface area contributed by atoms with Gasteiger partial charge in [0.1, 0.15) is 5.82 Å². The van der Waals surface area contributed by atoms with Gasteiger partial charge in [-0.2, -0.15) is 13.2 Å². The number of carbonyl (C=O) groups is 1. The summed E-state index contributed by atoms with van der Waals surface area (Å²) in [4.78, 5) is 12.1. The molecule has 0 aliphatic rings. The molecule has 0 aliphatic heterocycles. The molecule has 1 nitrogen and oxygen atoms in total. The van der Waals surface area contributed by atoms with Gasteiger partial charge >= 0.3 is 6.18 Å². The van der Waals surface area contributed by atoms with Gasteiger partial charge in [-0.15, -0.1) is 0 Å². The first-order chi connectivity index (χ1) is 9.84. The van der Waals surface area contributed by atoms with E-state index in [2.05, 4.69) is 0 Å². The quantitative estimate of drug-likeness (QED) is 0.596. The zero-order valence-electron chi connectivity index (χ0n) is 11.2. The largest absolute Gasteiger partial charge is 0.419 e. The van der Waals surface area contributed by atoms with Gasteiger partial charge in [-0.25, -0.2) is 4.39 Å². The zero-order chi connectivity index (χ0) is 15.6. The molecule has 0 N–H and O–H groups in total.